The van der Waals surface area contributed by atoms with Gasteiger partial charge in [-0.1, -0.05) is 23.1 Å². The van der Waals surface area contributed by atoms with Crippen LogP contribution in [0, 0.1) is 0 Å². The monoisotopic (exact) mass is 288 g/mol. The van der Waals surface area contributed by atoms with E-state index in [9.17, 15) is 8.42 Å². The maximum Gasteiger partial charge on any atom is 0.238 e. The van der Waals surface area contributed by atoms with Crippen LogP contribution >= 0.6 is 23.1 Å². The molecule has 0 fully saturated rings. The Morgan fingerprint density at radius 1 is 1.35 bits per heavy atom. The molecule has 0 aliphatic heterocycles. The number of anilines is 1. The summed E-state index contributed by atoms with van der Waals surface area (Å²) in [6, 6.07) is 4.34. The van der Waals surface area contributed by atoms with Crippen LogP contribution in [-0.2, 0) is 10.0 Å². The number of hydrogen-bond donors (Lipinski definition) is 2. The van der Waals surface area contributed by atoms with E-state index in [0.29, 0.717) is 10.6 Å². The summed E-state index contributed by atoms with van der Waals surface area (Å²) in [5, 5.41) is 12.6. The molecule has 1 heterocycles. The normalized spacial score (nSPS) is 11.6. The SMILES string of the molecule is Nc1cc(S(N)(=O)=O)ccc1Sc1nncs1. The Kier molecular flexibility index (Phi) is 3.33. The van der Waals surface area contributed by atoms with Crippen LogP contribution in [0.4, 0.5) is 5.69 Å². The van der Waals surface area contributed by atoms with Crippen LogP contribution in [0.2, 0.25) is 0 Å². The average molecular weight is 288 g/mol. The Bertz CT molecular complexity index is 624. The molecule has 17 heavy (non-hydrogen) atoms. The van der Waals surface area contributed by atoms with E-state index in [2.05, 4.69) is 10.2 Å². The van der Waals surface area contributed by atoms with E-state index in [-0.39, 0.29) is 4.90 Å². The van der Waals surface area contributed by atoms with Crippen LogP contribution in [-0.4, -0.2) is 18.6 Å². The third-order valence-electron chi connectivity index (χ3n) is 1.85. The van der Waals surface area contributed by atoms with Gasteiger partial charge in [-0.05, 0) is 18.2 Å². The summed E-state index contributed by atoms with van der Waals surface area (Å²) in [5.41, 5.74) is 7.70. The molecule has 2 rings (SSSR count). The molecule has 1 aromatic carbocycles. The molecule has 1 aromatic heterocycles. The standard InChI is InChI=1S/C8H8N4O2S3/c9-6-3-5(17(10,13)14)1-2-7(6)16-8-12-11-4-15-8/h1-4H,9H2,(H2,10,13,14). The van der Waals surface area contributed by atoms with Crippen LogP contribution in [0.5, 0.6) is 0 Å². The van der Waals surface area contributed by atoms with E-state index in [4.69, 9.17) is 10.9 Å². The number of nitrogen functional groups attached to an aromatic ring is 1. The first-order valence-corrected chi connectivity index (χ1v) is 7.57. The van der Waals surface area contributed by atoms with Gasteiger partial charge in [0.1, 0.15) is 5.51 Å². The van der Waals surface area contributed by atoms with E-state index in [1.54, 1.807) is 11.6 Å². The molecule has 0 saturated carbocycles. The number of aromatic nitrogens is 2. The van der Waals surface area contributed by atoms with Gasteiger partial charge in [0.15, 0.2) is 4.34 Å². The van der Waals surface area contributed by atoms with E-state index in [0.717, 1.165) is 4.34 Å². The lowest BCUT2D eigenvalue weighted by Crippen LogP contribution is -2.12. The van der Waals surface area contributed by atoms with Gasteiger partial charge in [-0.25, -0.2) is 13.6 Å². The van der Waals surface area contributed by atoms with Gasteiger partial charge in [0.25, 0.3) is 0 Å². The van der Waals surface area contributed by atoms with Gasteiger partial charge in [-0.2, -0.15) is 0 Å². The van der Waals surface area contributed by atoms with E-state index in [1.165, 1.54) is 35.2 Å². The maximum atomic E-state index is 11.1. The van der Waals surface area contributed by atoms with Gasteiger partial charge in [0, 0.05) is 10.6 Å². The summed E-state index contributed by atoms with van der Waals surface area (Å²) in [6.45, 7) is 0. The summed E-state index contributed by atoms with van der Waals surface area (Å²) in [6.07, 6.45) is 0. The Morgan fingerprint density at radius 2 is 2.12 bits per heavy atom. The van der Waals surface area contributed by atoms with Gasteiger partial charge in [-0.15, -0.1) is 10.2 Å². The molecule has 9 heteroatoms. The molecule has 0 radical (unpaired) electrons. The Balaban J connectivity index is 2.33. The molecule has 2 aromatic rings. The second kappa shape index (κ2) is 4.61. The number of nitrogens with zero attached hydrogens (tertiary/aromatic N) is 2. The highest BCUT2D eigenvalue weighted by Crippen LogP contribution is 2.33. The Labute approximate surface area is 106 Å². The predicted octanol–water partition coefficient (Wildman–Crippen LogP) is 0.919. The summed E-state index contributed by atoms with van der Waals surface area (Å²) >= 11 is 2.70. The highest BCUT2D eigenvalue weighted by atomic mass is 32.2. The summed E-state index contributed by atoms with van der Waals surface area (Å²) in [5.74, 6) is 0. The van der Waals surface area contributed by atoms with Gasteiger partial charge < -0.3 is 5.73 Å². The minimum Gasteiger partial charge on any atom is -0.398 e. The highest BCUT2D eigenvalue weighted by Gasteiger charge is 2.11. The van der Waals surface area contributed by atoms with Crippen molar-refractivity contribution in [3.63, 3.8) is 0 Å². The smallest absolute Gasteiger partial charge is 0.238 e. The topological polar surface area (TPSA) is 112 Å². The summed E-state index contributed by atoms with van der Waals surface area (Å²) < 4.78 is 23.0. The first kappa shape index (κ1) is 12.3. The molecule has 0 saturated heterocycles. The molecule has 0 atom stereocenters. The van der Waals surface area contributed by atoms with Crippen LogP contribution < -0.4 is 10.9 Å². The maximum absolute atomic E-state index is 11.1. The molecule has 4 N–H and O–H groups in total. The van der Waals surface area contributed by atoms with Crippen molar-refractivity contribution in [3.8, 4) is 0 Å². The van der Waals surface area contributed by atoms with Gasteiger partial charge in [0.05, 0.1) is 4.90 Å². The second-order valence-electron chi connectivity index (χ2n) is 3.05. The molecular formula is C8H8N4O2S3. The second-order valence-corrected chi connectivity index (χ2v) is 6.74. The van der Waals surface area contributed by atoms with Gasteiger partial charge in [0.2, 0.25) is 10.0 Å². The zero-order valence-corrected chi connectivity index (χ0v) is 10.8. The number of hydrogen-bond acceptors (Lipinski definition) is 7. The van der Waals surface area contributed by atoms with Crippen molar-refractivity contribution in [1.82, 2.24) is 10.2 Å². The third-order valence-corrected chi connectivity index (χ3v) is 4.63. The van der Waals surface area contributed by atoms with E-state index < -0.39 is 10.0 Å². The lowest BCUT2D eigenvalue weighted by molar-refractivity contribution is 0.598. The lowest BCUT2D eigenvalue weighted by atomic mass is 10.3. The van der Waals surface area contributed by atoms with Crippen molar-refractivity contribution < 1.29 is 8.42 Å². The van der Waals surface area contributed by atoms with Crippen LogP contribution in [0.25, 0.3) is 0 Å². The Morgan fingerprint density at radius 3 is 2.65 bits per heavy atom. The molecule has 0 aliphatic carbocycles. The zero-order chi connectivity index (χ0) is 12.5. The van der Waals surface area contributed by atoms with Crippen molar-refractivity contribution in [1.29, 1.82) is 0 Å². The number of rotatable bonds is 3. The van der Waals surface area contributed by atoms with Crippen molar-refractivity contribution in [3.05, 3.63) is 23.7 Å². The first-order valence-electron chi connectivity index (χ1n) is 4.33. The van der Waals surface area contributed by atoms with Gasteiger partial charge in [-0.3, -0.25) is 0 Å². The summed E-state index contributed by atoms with van der Waals surface area (Å²) in [7, 11) is -3.72. The largest absolute Gasteiger partial charge is 0.398 e. The van der Waals surface area contributed by atoms with Crippen LogP contribution in [0.1, 0.15) is 0 Å². The van der Waals surface area contributed by atoms with Crippen LogP contribution in [0.15, 0.2) is 37.8 Å². The van der Waals surface area contributed by atoms with Gasteiger partial charge >= 0.3 is 0 Å². The van der Waals surface area contributed by atoms with Crippen molar-refractivity contribution in [2.75, 3.05) is 5.73 Å². The minimum atomic E-state index is -3.72. The van der Waals surface area contributed by atoms with Crippen molar-refractivity contribution in [2.45, 2.75) is 14.1 Å². The molecule has 0 unspecified atom stereocenters. The fourth-order valence-electron chi connectivity index (χ4n) is 1.10. The molecule has 0 bridgehead atoms. The van der Waals surface area contributed by atoms with E-state index in [1.807, 2.05) is 0 Å². The lowest BCUT2D eigenvalue weighted by Gasteiger charge is -2.04. The molecular weight excluding hydrogens is 280 g/mol. The number of primary sulfonamides is 1. The summed E-state index contributed by atoms with van der Waals surface area (Å²) in [4.78, 5) is 0.714. The fourth-order valence-corrected chi connectivity index (χ4v) is 3.11. The zero-order valence-electron chi connectivity index (χ0n) is 8.40. The number of sulfonamides is 1. The van der Waals surface area contributed by atoms with Crippen molar-refractivity contribution in [2.24, 2.45) is 5.14 Å². The van der Waals surface area contributed by atoms with Crippen molar-refractivity contribution >= 4 is 38.8 Å². The number of nitrogens with two attached hydrogens (primary N) is 2. The molecule has 0 aliphatic rings. The minimum absolute atomic E-state index is 0.00314. The highest BCUT2D eigenvalue weighted by molar-refractivity contribution is 8.01. The molecule has 6 nitrogen and oxygen atoms in total. The fraction of sp³-hybridized carbons (Fsp3) is 0. The average Bonchev–Trinajstić information content (AvgIpc) is 2.72. The Hall–Kier alpha value is -1.16. The van der Waals surface area contributed by atoms with E-state index >= 15 is 0 Å². The quantitative estimate of drug-likeness (QED) is 0.812. The number of benzene rings is 1. The molecule has 0 amide bonds. The third kappa shape index (κ3) is 2.94. The van der Waals surface area contributed by atoms with Crippen LogP contribution in [0.3, 0.4) is 0 Å². The molecule has 90 valence electrons. The predicted molar refractivity (Wildman–Crippen MR) is 66.3 cm³/mol. The molecule has 0 spiro atoms. The first-order chi connectivity index (χ1) is 7.97.